The first-order valence-corrected chi connectivity index (χ1v) is 6.98. The van der Waals surface area contributed by atoms with Crippen molar-refractivity contribution < 1.29 is 60.9 Å². The van der Waals surface area contributed by atoms with Crippen LogP contribution in [0.25, 0.3) is 0 Å². The third-order valence-electron chi connectivity index (χ3n) is 2.65. The van der Waals surface area contributed by atoms with Crippen molar-refractivity contribution >= 4 is 0 Å². The van der Waals surface area contributed by atoms with Crippen molar-refractivity contribution in [3.8, 4) is 0 Å². The van der Waals surface area contributed by atoms with Crippen molar-refractivity contribution in [1.29, 1.82) is 0 Å². The molecule has 3 heteroatoms. The maximum absolute atomic E-state index is 5.89. The van der Waals surface area contributed by atoms with Crippen LogP contribution >= 0.6 is 0 Å². The Kier molecular flexibility index (Phi) is 12.4. The summed E-state index contributed by atoms with van der Waals surface area (Å²) in [5, 5.41) is 0. The molecule has 0 radical (unpaired) electrons. The largest absolute Gasteiger partial charge is 1.00 e. The van der Waals surface area contributed by atoms with Gasteiger partial charge in [-0.2, -0.15) is 26.7 Å². The molecule has 0 aromatic rings. The first-order valence-electron chi connectivity index (χ1n) is 6.98. The van der Waals surface area contributed by atoms with E-state index < -0.39 is 0 Å². The van der Waals surface area contributed by atoms with Gasteiger partial charge in [0.1, 0.15) is 0 Å². The van der Waals surface area contributed by atoms with Crippen LogP contribution in [0.4, 0.5) is 0 Å². The average Bonchev–Trinajstić information content (AvgIpc) is 2.09. The van der Waals surface area contributed by atoms with Crippen molar-refractivity contribution in [1.82, 2.24) is 0 Å². The van der Waals surface area contributed by atoms with Crippen LogP contribution in [0.2, 0.25) is 0 Å². The molecule has 1 heterocycles. The van der Waals surface area contributed by atoms with Crippen LogP contribution < -0.4 is 51.4 Å². The van der Waals surface area contributed by atoms with E-state index in [-0.39, 0.29) is 69.4 Å². The molecule has 1 aliphatic rings. The fraction of sp³-hybridized carbons (Fsp3) is 0.875. The molecule has 110 valence electrons. The molecular weight excluding hydrogens is 263 g/mol. The molecule has 1 aliphatic heterocycles. The molecule has 4 atom stereocenters. The minimum Gasteiger partial charge on any atom is -0.381 e. The van der Waals surface area contributed by atoms with Gasteiger partial charge in [-0.15, -0.1) is 0 Å². The number of hydrogen-bond acceptors (Lipinski definition) is 2. The summed E-state index contributed by atoms with van der Waals surface area (Å²) >= 11 is 0. The number of ether oxygens (including phenoxy) is 2. The minimum absolute atomic E-state index is 0. The van der Waals surface area contributed by atoms with E-state index in [1.165, 1.54) is 5.92 Å². The molecule has 1 fully saturated rings. The van der Waals surface area contributed by atoms with Crippen molar-refractivity contribution in [3.63, 3.8) is 0 Å². The molecule has 19 heavy (non-hydrogen) atoms. The zero-order valence-electron chi connectivity index (χ0n) is 14.7. The van der Waals surface area contributed by atoms with E-state index in [9.17, 15) is 0 Å². The minimum atomic E-state index is -0.129. The van der Waals surface area contributed by atoms with Gasteiger partial charge >= 0.3 is 51.4 Å². The van der Waals surface area contributed by atoms with Crippen LogP contribution in [-0.4, -0.2) is 18.0 Å². The molecule has 0 amide bonds. The molecule has 0 aliphatic carbocycles. The van der Waals surface area contributed by atoms with Crippen LogP contribution in [0.5, 0.6) is 0 Å². The van der Waals surface area contributed by atoms with Gasteiger partial charge in [0.15, 0.2) is 6.29 Å². The van der Waals surface area contributed by atoms with Crippen LogP contribution in [0, 0.1) is 24.2 Å². The summed E-state index contributed by atoms with van der Waals surface area (Å²) in [4.78, 5) is 0. The predicted octanol–water partition coefficient (Wildman–Crippen LogP) is 1.65. The van der Waals surface area contributed by atoms with Gasteiger partial charge in [0, 0.05) is 0 Å². The normalized spacial score (nSPS) is 31.3. The monoisotopic (exact) mass is 295 g/mol. The van der Waals surface area contributed by atoms with E-state index in [0.29, 0.717) is 11.8 Å². The van der Waals surface area contributed by atoms with Crippen molar-refractivity contribution in [2.75, 3.05) is 0 Å². The second-order valence-corrected chi connectivity index (χ2v) is 6.85. The Morgan fingerprint density at radius 3 is 1.84 bits per heavy atom. The van der Waals surface area contributed by atoms with Gasteiger partial charge in [0.25, 0.3) is 0 Å². The van der Waals surface area contributed by atoms with E-state index in [2.05, 4.69) is 68.7 Å². The van der Waals surface area contributed by atoms with Gasteiger partial charge in [-0.1, -0.05) is 26.9 Å². The average molecular weight is 296 g/mol. The van der Waals surface area contributed by atoms with Crippen molar-refractivity contribution in [2.45, 2.75) is 80.3 Å². The second kappa shape index (κ2) is 10.3. The van der Waals surface area contributed by atoms with Crippen LogP contribution in [-0.2, 0) is 9.47 Å². The van der Waals surface area contributed by atoms with E-state index in [1.54, 1.807) is 0 Å². The molecule has 0 aromatic heterocycles. The van der Waals surface area contributed by atoms with E-state index in [4.69, 9.17) is 9.47 Å². The fourth-order valence-electron chi connectivity index (χ4n) is 1.72. The summed E-state index contributed by atoms with van der Waals surface area (Å²) in [6.07, 6.45) is 2.38. The summed E-state index contributed by atoms with van der Waals surface area (Å²) < 4.78 is 11.7. The Bertz CT molecular complexity index is 221. The molecule has 2 nitrogen and oxygen atoms in total. The molecule has 0 N–H and O–H groups in total. The summed E-state index contributed by atoms with van der Waals surface area (Å²) in [6, 6.07) is 0. The molecule has 1 saturated heterocycles. The zero-order chi connectivity index (χ0) is 14.5. The Morgan fingerprint density at radius 2 is 1.47 bits per heavy atom. The smallest absolute Gasteiger partial charge is 0.381 e. The van der Waals surface area contributed by atoms with Crippen LogP contribution in [0.15, 0.2) is 0 Å². The van der Waals surface area contributed by atoms with Crippen LogP contribution in [0.3, 0.4) is 0 Å². The first kappa shape index (κ1) is 22.8. The maximum Gasteiger partial charge on any atom is 1.00 e. The molecule has 1 rings (SSSR count). The molecule has 0 aromatic carbocycles. The summed E-state index contributed by atoms with van der Waals surface area (Å²) in [7, 11) is 0. The van der Waals surface area contributed by atoms with Crippen molar-refractivity contribution in [2.24, 2.45) is 11.8 Å². The Hall–Kier alpha value is 1.56. The summed E-state index contributed by atoms with van der Waals surface area (Å²) in [6.45, 7) is 18.9. The van der Waals surface area contributed by atoms with Crippen molar-refractivity contribution in [3.05, 3.63) is 12.3 Å². The van der Waals surface area contributed by atoms with E-state index in [0.717, 1.165) is 0 Å². The van der Waals surface area contributed by atoms with Gasteiger partial charge in [0.05, 0.1) is 5.60 Å². The first-order chi connectivity index (χ1) is 8.03. The standard InChI is InChI=1S/C12H23O2.C4H9.K/c1-8-7-9(2)13-11(10(8)3)14-12(4,5)6;1-4(2)3;/h7-11H,1-6H3;1-3H3;/q2*-1;+1/t8-,9?,10?,11?;;/m0../s1. The third-order valence-corrected chi connectivity index (χ3v) is 2.65. The zero-order valence-corrected chi connectivity index (χ0v) is 17.8. The van der Waals surface area contributed by atoms with Gasteiger partial charge in [-0.25, -0.2) is 0 Å². The Morgan fingerprint density at radius 1 is 1.05 bits per heavy atom. The van der Waals surface area contributed by atoms with Gasteiger partial charge in [0.2, 0.25) is 0 Å². The molecule has 3 unspecified atom stereocenters. The third kappa shape index (κ3) is 11.8. The van der Waals surface area contributed by atoms with Gasteiger partial charge in [-0.3, -0.25) is 6.42 Å². The second-order valence-electron chi connectivity index (χ2n) is 6.85. The molecule has 0 saturated carbocycles. The van der Waals surface area contributed by atoms with Gasteiger partial charge < -0.3 is 15.4 Å². The van der Waals surface area contributed by atoms with E-state index in [1.807, 2.05) is 0 Å². The Labute approximate surface area is 163 Å². The molecular formula is C16H32KO2-. The predicted molar refractivity (Wildman–Crippen MR) is 78.1 cm³/mol. The van der Waals surface area contributed by atoms with E-state index >= 15 is 0 Å². The van der Waals surface area contributed by atoms with Gasteiger partial charge in [-0.05, 0) is 26.7 Å². The summed E-state index contributed by atoms with van der Waals surface area (Å²) in [5.74, 6) is 2.41. The number of rotatable bonds is 1. The Balaban J connectivity index is 0. The summed E-state index contributed by atoms with van der Waals surface area (Å²) in [5.41, 5.74) is -0.129. The topological polar surface area (TPSA) is 18.5 Å². The fourth-order valence-corrected chi connectivity index (χ4v) is 1.72. The number of hydrogen-bond donors (Lipinski definition) is 0. The quantitative estimate of drug-likeness (QED) is 0.541. The SMILES string of the molecule is CC1[CH-][C@H](C)C(C)C(OC(C)(C)C)O1.C[C-](C)C.[K+]. The maximum atomic E-state index is 5.89. The molecule has 0 spiro atoms. The van der Waals surface area contributed by atoms with Crippen LogP contribution in [0.1, 0.15) is 62.3 Å². The molecule has 0 bridgehead atoms.